The second-order valence-corrected chi connectivity index (χ2v) is 4.41. The van der Waals surface area contributed by atoms with E-state index < -0.39 is 0 Å². The highest BCUT2D eigenvalue weighted by Crippen LogP contribution is 2.31. The molecule has 0 amide bonds. The molecule has 0 N–H and O–H groups in total. The summed E-state index contributed by atoms with van der Waals surface area (Å²) in [6, 6.07) is 7.49. The summed E-state index contributed by atoms with van der Waals surface area (Å²) in [6.45, 7) is 0.848. The summed E-state index contributed by atoms with van der Waals surface area (Å²) in [6.07, 6.45) is 5.09. The molecule has 2 heterocycles. The Labute approximate surface area is 99.3 Å². The number of pyridine rings is 1. The SMILES string of the molecule is O=Cc1cc(-c2ccccn2)nn1CC1CC1. The van der Waals surface area contributed by atoms with E-state index in [1.807, 2.05) is 18.2 Å². The van der Waals surface area contributed by atoms with Crippen molar-refractivity contribution in [3.8, 4) is 11.4 Å². The Kier molecular flexibility index (Phi) is 2.48. The van der Waals surface area contributed by atoms with Crippen molar-refractivity contribution < 1.29 is 4.79 Å². The summed E-state index contributed by atoms with van der Waals surface area (Å²) >= 11 is 0. The predicted octanol–water partition coefficient (Wildman–Crippen LogP) is 2.17. The normalized spacial score (nSPS) is 14.8. The number of nitrogens with zero attached hydrogens (tertiary/aromatic N) is 3. The number of carbonyl (C=O) groups excluding carboxylic acids is 1. The van der Waals surface area contributed by atoms with Gasteiger partial charge in [-0.3, -0.25) is 14.5 Å². The van der Waals surface area contributed by atoms with Crippen LogP contribution in [-0.4, -0.2) is 21.1 Å². The van der Waals surface area contributed by atoms with E-state index in [1.54, 1.807) is 16.9 Å². The first kappa shape index (κ1) is 10.2. The van der Waals surface area contributed by atoms with E-state index in [2.05, 4.69) is 10.1 Å². The largest absolute Gasteiger partial charge is 0.296 e. The van der Waals surface area contributed by atoms with Crippen molar-refractivity contribution in [1.29, 1.82) is 0 Å². The van der Waals surface area contributed by atoms with Crippen LogP contribution in [0.5, 0.6) is 0 Å². The Bertz CT molecular complexity index is 529. The van der Waals surface area contributed by atoms with Crippen molar-refractivity contribution >= 4 is 6.29 Å². The van der Waals surface area contributed by atoms with Crippen LogP contribution in [0.3, 0.4) is 0 Å². The van der Waals surface area contributed by atoms with Gasteiger partial charge in [-0.05, 0) is 37.0 Å². The smallest absolute Gasteiger partial charge is 0.168 e. The molecule has 0 spiro atoms. The molecule has 0 saturated heterocycles. The molecule has 0 radical (unpaired) electrons. The number of carbonyl (C=O) groups is 1. The molecule has 1 fully saturated rings. The molecule has 2 aromatic rings. The number of aldehydes is 1. The van der Waals surface area contributed by atoms with E-state index >= 15 is 0 Å². The molecular weight excluding hydrogens is 214 g/mol. The molecule has 1 saturated carbocycles. The molecule has 0 bridgehead atoms. The van der Waals surface area contributed by atoms with E-state index in [-0.39, 0.29) is 0 Å². The summed E-state index contributed by atoms with van der Waals surface area (Å²) in [7, 11) is 0. The fourth-order valence-electron chi connectivity index (χ4n) is 1.86. The van der Waals surface area contributed by atoms with Gasteiger partial charge < -0.3 is 0 Å². The number of aromatic nitrogens is 3. The Balaban J connectivity index is 1.95. The van der Waals surface area contributed by atoms with Gasteiger partial charge in [-0.25, -0.2) is 0 Å². The Morgan fingerprint density at radius 2 is 2.24 bits per heavy atom. The lowest BCUT2D eigenvalue weighted by Gasteiger charge is -2.00. The zero-order valence-corrected chi connectivity index (χ0v) is 9.41. The Hall–Kier alpha value is -1.97. The summed E-state index contributed by atoms with van der Waals surface area (Å²) in [5.41, 5.74) is 2.22. The molecule has 17 heavy (non-hydrogen) atoms. The van der Waals surface area contributed by atoms with Crippen LogP contribution in [0.4, 0.5) is 0 Å². The Morgan fingerprint density at radius 1 is 1.35 bits per heavy atom. The zero-order valence-electron chi connectivity index (χ0n) is 9.41. The highest BCUT2D eigenvalue weighted by atomic mass is 16.1. The van der Waals surface area contributed by atoms with E-state index in [0.29, 0.717) is 11.6 Å². The van der Waals surface area contributed by atoms with Gasteiger partial charge in [0.15, 0.2) is 6.29 Å². The fraction of sp³-hybridized carbons (Fsp3) is 0.308. The summed E-state index contributed by atoms with van der Waals surface area (Å²) in [5, 5.41) is 4.45. The van der Waals surface area contributed by atoms with Crippen LogP contribution >= 0.6 is 0 Å². The first-order valence-corrected chi connectivity index (χ1v) is 5.81. The molecule has 0 aliphatic heterocycles. The monoisotopic (exact) mass is 227 g/mol. The third-order valence-corrected chi connectivity index (χ3v) is 2.99. The lowest BCUT2D eigenvalue weighted by atomic mass is 10.2. The molecule has 2 aromatic heterocycles. The van der Waals surface area contributed by atoms with Crippen LogP contribution in [0.1, 0.15) is 23.3 Å². The van der Waals surface area contributed by atoms with Gasteiger partial charge in [0.05, 0.1) is 5.69 Å². The average Bonchev–Trinajstić information content (AvgIpc) is 3.09. The molecule has 4 nitrogen and oxygen atoms in total. The second-order valence-electron chi connectivity index (χ2n) is 4.41. The van der Waals surface area contributed by atoms with Gasteiger partial charge in [-0.1, -0.05) is 6.07 Å². The summed E-state index contributed by atoms with van der Waals surface area (Å²) in [4.78, 5) is 15.2. The maximum absolute atomic E-state index is 11.0. The van der Waals surface area contributed by atoms with Gasteiger partial charge in [-0.15, -0.1) is 0 Å². The van der Waals surface area contributed by atoms with Gasteiger partial charge in [0.2, 0.25) is 0 Å². The van der Waals surface area contributed by atoms with Crippen LogP contribution in [0.25, 0.3) is 11.4 Å². The van der Waals surface area contributed by atoms with Crippen molar-refractivity contribution in [2.45, 2.75) is 19.4 Å². The molecule has 1 aliphatic carbocycles. The molecule has 0 unspecified atom stereocenters. The van der Waals surface area contributed by atoms with E-state index in [1.165, 1.54) is 12.8 Å². The molecular formula is C13H13N3O. The fourth-order valence-corrected chi connectivity index (χ4v) is 1.86. The first-order valence-electron chi connectivity index (χ1n) is 5.81. The lowest BCUT2D eigenvalue weighted by Crippen LogP contribution is -2.05. The topological polar surface area (TPSA) is 47.8 Å². The van der Waals surface area contributed by atoms with Crippen molar-refractivity contribution in [2.75, 3.05) is 0 Å². The minimum Gasteiger partial charge on any atom is -0.296 e. The van der Waals surface area contributed by atoms with Crippen LogP contribution in [0, 0.1) is 5.92 Å². The van der Waals surface area contributed by atoms with Crippen molar-refractivity contribution in [1.82, 2.24) is 14.8 Å². The third kappa shape index (κ3) is 2.11. The van der Waals surface area contributed by atoms with Crippen LogP contribution in [-0.2, 0) is 6.54 Å². The van der Waals surface area contributed by atoms with E-state index in [0.717, 1.165) is 24.2 Å². The van der Waals surface area contributed by atoms with Gasteiger partial charge >= 0.3 is 0 Å². The second kappa shape index (κ2) is 4.13. The zero-order chi connectivity index (χ0) is 11.7. The van der Waals surface area contributed by atoms with E-state index in [4.69, 9.17) is 0 Å². The summed E-state index contributed by atoms with van der Waals surface area (Å²) < 4.78 is 1.80. The highest BCUT2D eigenvalue weighted by molar-refractivity contribution is 5.75. The van der Waals surface area contributed by atoms with Gasteiger partial charge in [-0.2, -0.15) is 5.10 Å². The Morgan fingerprint density at radius 3 is 2.88 bits per heavy atom. The molecule has 4 heteroatoms. The standard InChI is InChI=1S/C13H13N3O/c17-9-11-7-13(12-3-1-2-6-14-12)15-16(11)8-10-4-5-10/h1-3,6-7,9-10H,4-5,8H2. The summed E-state index contributed by atoms with van der Waals surface area (Å²) in [5.74, 6) is 0.699. The van der Waals surface area contributed by atoms with Crippen LogP contribution in [0.15, 0.2) is 30.5 Å². The van der Waals surface area contributed by atoms with Gasteiger partial charge in [0, 0.05) is 12.7 Å². The third-order valence-electron chi connectivity index (χ3n) is 2.99. The predicted molar refractivity (Wildman–Crippen MR) is 63.6 cm³/mol. The maximum atomic E-state index is 11.0. The minimum atomic E-state index is 0.637. The van der Waals surface area contributed by atoms with Crippen molar-refractivity contribution in [3.05, 3.63) is 36.2 Å². The molecule has 0 atom stereocenters. The molecule has 0 aromatic carbocycles. The lowest BCUT2D eigenvalue weighted by molar-refractivity contribution is 0.111. The van der Waals surface area contributed by atoms with Crippen LogP contribution < -0.4 is 0 Å². The first-order chi connectivity index (χ1) is 8.36. The van der Waals surface area contributed by atoms with Gasteiger partial charge in [0.1, 0.15) is 11.4 Å². The highest BCUT2D eigenvalue weighted by Gasteiger charge is 2.23. The quantitative estimate of drug-likeness (QED) is 0.752. The van der Waals surface area contributed by atoms with E-state index in [9.17, 15) is 4.79 Å². The number of hydrogen-bond donors (Lipinski definition) is 0. The van der Waals surface area contributed by atoms with Gasteiger partial charge in [0.25, 0.3) is 0 Å². The average molecular weight is 227 g/mol. The molecule has 86 valence electrons. The van der Waals surface area contributed by atoms with Crippen molar-refractivity contribution in [2.24, 2.45) is 5.92 Å². The molecule has 3 rings (SSSR count). The minimum absolute atomic E-state index is 0.637. The van der Waals surface area contributed by atoms with Crippen molar-refractivity contribution in [3.63, 3.8) is 0 Å². The number of hydrogen-bond acceptors (Lipinski definition) is 3. The maximum Gasteiger partial charge on any atom is 0.168 e. The number of rotatable bonds is 4. The van der Waals surface area contributed by atoms with Crippen LogP contribution in [0.2, 0.25) is 0 Å². The molecule has 1 aliphatic rings.